The van der Waals surface area contributed by atoms with E-state index in [0.717, 1.165) is 19.4 Å². The molecule has 1 aromatic carbocycles. The van der Waals surface area contributed by atoms with Gasteiger partial charge >= 0.3 is 0 Å². The quantitative estimate of drug-likeness (QED) is 0.608. The van der Waals surface area contributed by atoms with Crippen LogP contribution in [0.15, 0.2) is 24.3 Å². The zero-order valence-corrected chi connectivity index (χ0v) is 7.38. The van der Waals surface area contributed by atoms with Crippen molar-refractivity contribution in [3.05, 3.63) is 36.4 Å². The Morgan fingerprint density at radius 3 is 3.08 bits per heavy atom. The van der Waals surface area contributed by atoms with Crippen LogP contribution in [0.3, 0.4) is 0 Å². The number of nitrogens with zero attached hydrogens (tertiary/aromatic N) is 1. The van der Waals surface area contributed by atoms with Crippen LogP contribution in [0.1, 0.15) is 18.9 Å². The Balaban J connectivity index is 2.37. The van der Waals surface area contributed by atoms with E-state index in [2.05, 4.69) is 42.6 Å². The predicted molar refractivity (Wildman–Crippen MR) is 51.0 cm³/mol. The van der Waals surface area contributed by atoms with Crippen LogP contribution < -0.4 is 4.90 Å². The van der Waals surface area contributed by atoms with Crippen LogP contribution in [0.25, 0.3) is 0 Å². The van der Waals surface area contributed by atoms with E-state index in [4.69, 9.17) is 0 Å². The second kappa shape index (κ2) is 3.18. The third-order valence-corrected chi connectivity index (χ3v) is 2.30. The highest BCUT2D eigenvalue weighted by Gasteiger charge is 2.14. The first kappa shape index (κ1) is 7.66. The van der Waals surface area contributed by atoms with E-state index in [1.165, 1.54) is 11.3 Å². The Morgan fingerprint density at radius 2 is 2.25 bits per heavy atom. The van der Waals surface area contributed by atoms with Crippen molar-refractivity contribution in [2.45, 2.75) is 19.8 Å². The molecule has 1 aromatic rings. The molecule has 0 atom stereocenters. The molecule has 0 unspecified atom stereocenters. The molecular weight excluding hydrogens is 146 g/mol. The molecule has 0 saturated heterocycles. The molecule has 0 spiro atoms. The van der Waals surface area contributed by atoms with Crippen LogP contribution in [0.4, 0.5) is 5.69 Å². The fraction of sp³-hybridized carbons (Fsp3) is 0.364. The lowest BCUT2D eigenvalue weighted by Crippen LogP contribution is -2.24. The van der Waals surface area contributed by atoms with Crippen LogP contribution in [-0.4, -0.2) is 6.54 Å². The average Bonchev–Trinajstić information content (AvgIpc) is 2.17. The SMILES string of the molecule is CCN1[C]CCc2ccccc21. The minimum absolute atomic E-state index is 1.02. The number of hydrogen-bond donors (Lipinski definition) is 0. The standard InChI is InChI=1S/C11H13N/c1-2-12-9-5-7-10-6-3-4-8-11(10)12/h3-4,6,8H,2,5,7H2,1H3. The van der Waals surface area contributed by atoms with Gasteiger partial charge in [0.05, 0.1) is 6.54 Å². The molecule has 0 bridgehead atoms. The highest BCUT2D eigenvalue weighted by molar-refractivity contribution is 5.56. The number of aryl methyl sites for hydroxylation is 1. The zero-order chi connectivity index (χ0) is 8.39. The van der Waals surface area contributed by atoms with E-state index in [1.54, 1.807) is 0 Å². The van der Waals surface area contributed by atoms with E-state index >= 15 is 0 Å². The zero-order valence-electron chi connectivity index (χ0n) is 7.38. The Morgan fingerprint density at radius 1 is 1.42 bits per heavy atom. The van der Waals surface area contributed by atoms with Crippen LogP contribution in [0.2, 0.25) is 0 Å². The average molecular weight is 159 g/mol. The fourth-order valence-electron chi connectivity index (χ4n) is 1.68. The summed E-state index contributed by atoms with van der Waals surface area (Å²) in [4.78, 5) is 2.21. The smallest absolute Gasteiger partial charge is 0.0915 e. The molecule has 2 radical (unpaired) electrons. The molecule has 62 valence electrons. The minimum atomic E-state index is 1.02. The van der Waals surface area contributed by atoms with Crippen molar-refractivity contribution in [1.29, 1.82) is 0 Å². The number of benzene rings is 1. The van der Waals surface area contributed by atoms with E-state index in [0.29, 0.717) is 0 Å². The lowest BCUT2D eigenvalue weighted by molar-refractivity contribution is 0.790. The summed E-state index contributed by atoms with van der Waals surface area (Å²) >= 11 is 0. The van der Waals surface area contributed by atoms with Crippen LogP contribution in [0, 0.1) is 6.54 Å². The van der Waals surface area contributed by atoms with Crippen molar-refractivity contribution in [3.63, 3.8) is 0 Å². The van der Waals surface area contributed by atoms with Gasteiger partial charge < -0.3 is 4.90 Å². The van der Waals surface area contributed by atoms with Gasteiger partial charge in [-0.15, -0.1) is 0 Å². The summed E-state index contributed by atoms with van der Waals surface area (Å²) in [5, 5.41) is 0. The first-order valence-corrected chi connectivity index (χ1v) is 4.51. The molecule has 1 aliphatic heterocycles. The third-order valence-electron chi connectivity index (χ3n) is 2.30. The van der Waals surface area contributed by atoms with E-state index in [1.807, 2.05) is 0 Å². The van der Waals surface area contributed by atoms with E-state index in [9.17, 15) is 0 Å². The molecule has 12 heavy (non-hydrogen) atoms. The fourth-order valence-corrected chi connectivity index (χ4v) is 1.68. The monoisotopic (exact) mass is 159 g/mol. The van der Waals surface area contributed by atoms with Crippen molar-refractivity contribution in [3.8, 4) is 0 Å². The summed E-state index contributed by atoms with van der Waals surface area (Å²) in [6.45, 7) is 6.54. The summed E-state index contributed by atoms with van der Waals surface area (Å²) in [7, 11) is 0. The second-order valence-corrected chi connectivity index (χ2v) is 3.03. The van der Waals surface area contributed by atoms with Gasteiger partial charge in [-0.25, -0.2) is 0 Å². The molecular formula is C11H13N. The number of rotatable bonds is 1. The highest BCUT2D eigenvalue weighted by Crippen LogP contribution is 2.27. The molecule has 0 saturated carbocycles. The van der Waals surface area contributed by atoms with E-state index in [-0.39, 0.29) is 0 Å². The Labute approximate surface area is 74.0 Å². The van der Waals surface area contributed by atoms with Gasteiger partial charge in [0.1, 0.15) is 0 Å². The number of anilines is 1. The maximum Gasteiger partial charge on any atom is 0.0915 e. The lowest BCUT2D eigenvalue weighted by atomic mass is 10.0. The molecule has 0 amide bonds. The molecule has 1 aliphatic rings. The van der Waals surface area contributed by atoms with Gasteiger partial charge in [-0.3, -0.25) is 0 Å². The largest absolute Gasteiger partial charge is 0.361 e. The topological polar surface area (TPSA) is 3.24 Å². The molecule has 0 fully saturated rings. The Kier molecular flexibility index (Phi) is 2.03. The lowest BCUT2D eigenvalue weighted by Gasteiger charge is -2.28. The van der Waals surface area contributed by atoms with Gasteiger partial charge in [0.25, 0.3) is 0 Å². The van der Waals surface area contributed by atoms with Crippen molar-refractivity contribution < 1.29 is 0 Å². The summed E-state index contributed by atoms with van der Waals surface area (Å²) in [6.07, 6.45) is 2.21. The number of para-hydroxylation sites is 1. The summed E-state index contributed by atoms with van der Waals surface area (Å²) in [5.41, 5.74) is 2.80. The van der Waals surface area contributed by atoms with Gasteiger partial charge in [0.2, 0.25) is 0 Å². The Hall–Kier alpha value is -0.980. The molecule has 0 aliphatic carbocycles. The minimum Gasteiger partial charge on any atom is -0.361 e. The van der Waals surface area contributed by atoms with Crippen LogP contribution >= 0.6 is 0 Å². The van der Waals surface area contributed by atoms with E-state index < -0.39 is 0 Å². The van der Waals surface area contributed by atoms with Crippen LogP contribution in [0.5, 0.6) is 0 Å². The van der Waals surface area contributed by atoms with Crippen molar-refractivity contribution in [1.82, 2.24) is 0 Å². The van der Waals surface area contributed by atoms with Crippen LogP contribution in [-0.2, 0) is 6.42 Å². The normalized spacial score (nSPS) is 15.9. The number of hydrogen-bond acceptors (Lipinski definition) is 1. The van der Waals surface area contributed by atoms with Crippen molar-refractivity contribution in [2.75, 3.05) is 11.4 Å². The molecule has 0 N–H and O–H groups in total. The highest BCUT2D eigenvalue weighted by atomic mass is 15.1. The molecule has 1 heteroatoms. The van der Waals surface area contributed by atoms with Crippen molar-refractivity contribution in [2.24, 2.45) is 0 Å². The second-order valence-electron chi connectivity index (χ2n) is 3.03. The summed E-state index contributed by atoms with van der Waals surface area (Å²) < 4.78 is 0. The third kappa shape index (κ3) is 1.20. The maximum absolute atomic E-state index is 3.36. The summed E-state index contributed by atoms with van der Waals surface area (Å²) in [6, 6.07) is 8.58. The number of fused-ring (bicyclic) bond motifs is 1. The first-order chi connectivity index (χ1) is 5.92. The Bertz CT molecular complexity index is 267. The van der Waals surface area contributed by atoms with Crippen molar-refractivity contribution >= 4 is 5.69 Å². The van der Waals surface area contributed by atoms with Gasteiger partial charge in [-0.1, -0.05) is 18.2 Å². The van der Waals surface area contributed by atoms with Gasteiger partial charge in [0.15, 0.2) is 0 Å². The molecule has 2 rings (SSSR count). The molecule has 1 nitrogen and oxygen atoms in total. The first-order valence-electron chi connectivity index (χ1n) is 4.51. The summed E-state index contributed by atoms with van der Waals surface area (Å²) in [5.74, 6) is 0. The van der Waals surface area contributed by atoms with Gasteiger partial charge in [-0.2, -0.15) is 0 Å². The molecule has 0 aromatic heterocycles. The van der Waals surface area contributed by atoms with Gasteiger partial charge in [-0.05, 0) is 31.4 Å². The predicted octanol–water partition coefficient (Wildman–Crippen LogP) is 2.50. The van der Waals surface area contributed by atoms with Gasteiger partial charge in [0, 0.05) is 12.2 Å². The maximum atomic E-state index is 3.36. The molecule has 1 heterocycles.